The molecule has 2 nitrogen and oxygen atoms in total. The fourth-order valence-corrected chi connectivity index (χ4v) is 0.167. The minimum absolute atomic E-state index is 0.194. The number of hydrogen-bond acceptors (Lipinski definition) is 2. The first-order valence-corrected chi connectivity index (χ1v) is 3.50. The van der Waals surface area contributed by atoms with Crippen molar-refractivity contribution >= 4 is 23.2 Å². The fraction of sp³-hybridized carbons (Fsp3) is 1.00. The summed E-state index contributed by atoms with van der Waals surface area (Å²) in [4.78, 5) is 0. The summed E-state index contributed by atoms with van der Waals surface area (Å²) in [6.45, 7) is 1.38. The molecule has 0 saturated heterocycles. The van der Waals surface area contributed by atoms with E-state index in [0.29, 0.717) is 13.2 Å². The minimum Gasteiger partial charge on any atom is -0.382 e. The number of alkyl halides is 2. The molecule has 9 heavy (non-hydrogen) atoms. The van der Waals surface area contributed by atoms with E-state index < -0.39 is 0 Å². The lowest BCUT2D eigenvalue weighted by Gasteiger charge is -1.91. The predicted molar refractivity (Wildman–Crippen MR) is 40.3 cm³/mol. The molecule has 0 aliphatic carbocycles. The molecule has 58 valence electrons. The highest BCUT2D eigenvalue weighted by Gasteiger charge is 1.73. The zero-order valence-electron chi connectivity index (χ0n) is 5.69. The highest BCUT2D eigenvalue weighted by atomic mass is 35.5. The second-order valence-corrected chi connectivity index (χ2v) is 1.89. The maximum atomic E-state index is 4.76. The van der Waals surface area contributed by atoms with E-state index in [1.165, 1.54) is 0 Å². The Bertz CT molecular complexity index is 32.1. The van der Waals surface area contributed by atoms with Crippen LogP contribution in [0.15, 0.2) is 0 Å². The van der Waals surface area contributed by atoms with Crippen LogP contribution in [0.1, 0.15) is 0 Å². The quantitative estimate of drug-likeness (QED) is 0.480. The highest BCUT2D eigenvalue weighted by Crippen LogP contribution is 1.73. The zero-order chi connectivity index (χ0) is 7.54. The second kappa shape index (κ2) is 15.8. The Hall–Kier alpha value is 0.500. The Kier molecular flexibility index (Phi) is 21.4. The van der Waals surface area contributed by atoms with Crippen LogP contribution in [-0.4, -0.2) is 32.8 Å². The van der Waals surface area contributed by atoms with E-state index >= 15 is 0 Å². The third-order valence-corrected chi connectivity index (χ3v) is 0.492. The molecule has 0 heterocycles. The molecule has 0 aromatic rings. The topological polar surface area (TPSA) is 18.5 Å². The molecule has 4 heteroatoms. The smallest absolute Gasteiger partial charge is 0.0967 e. The molecular formula is C5H12Cl2O2. The van der Waals surface area contributed by atoms with Gasteiger partial charge in [0.15, 0.2) is 0 Å². The van der Waals surface area contributed by atoms with Crippen molar-refractivity contribution in [3.63, 3.8) is 0 Å². The molecule has 0 radical (unpaired) electrons. The Balaban J connectivity index is 0. The first-order valence-electron chi connectivity index (χ1n) is 2.43. The van der Waals surface area contributed by atoms with Crippen LogP contribution < -0.4 is 0 Å². The summed E-state index contributed by atoms with van der Waals surface area (Å²) < 4.78 is 9.31. The lowest BCUT2D eigenvalue weighted by atomic mass is 10.8. The Morgan fingerprint density at radius 1 is 1.00 bits per heavy atom. The third-order valence-electron chi connectivity index (χ3n) is 0.492. The molecule has 0 rings (SSSR count). The predicted octanol–water partition coefficient (Wildman–Crippen LogP) is 1.70. The van der Waals surface area contributed by atoms with Crippen LogP contribution in [0.3, 0.4) is 0 Å². The van der Waals surface area contributed by atoms with E-state index in [-0.39, 0.29) is 5.34 Å². The minimum atomic E-state index is 0.194. The van der Waals surface area contributed by atoms with Gasteiger partial charge in [0.1, 0.15) is 0 Å². The zero-order valence-corrected chi connectivity index (χ0v) is 7.21. The van der Waals surface area contributed by atoms with Crippen molar-refractivity contribution in [3.05, 3.63) is 0 Å². The van der Waals surface area contributed by atoms with Gasteiger partial charge in [-0.3, -0.25) is 0 Å². The first kappa shape index (κ1) is 12.2. The highest BCUT2D eigenvalue weighted by molar-refractivity contribution is 6.40. The number of hydrogen-bond donors (Lipinski definition) is 0. The number of rotatable bonds is 3. The number of methoxy groups -OCH3 is 2. The summed E-state index contributed by atoms with van der Waals surface area (Å²) in [7, 11) is 3.30. The molecule has 0 spiro atoms. The van der Waals surface area contributed by atoms with Crippen molar-refractivity contribution in [1.29, 1.82) is 0 Å². The summed E-state index contributed by atoms with van der Waals surface area (Å²) in [5.74, 6) is 0. The molecule has 0 atom stereocenters. The molecule has 0 unspecified atom stereocenters. The van der Waals surface area contributed by atoms with Crippen LogP contribution in [0.2, 0.25) is 0 Å². The summed E-state index contributed by atoms with van der Waals surface area (Å²) in [6, 6.07) is 0. The average Bonchev–Trinajstić information content (AvgIpc) is 1.86. The monoisotopic (exact) mass is 174 g/mol. The standard InChI is InChI=1S/C4H10O2.CH2Cl2/c1-5-3-4-6-2;2-1-3/h3-4H2,1-2H3;1H2. The van der Waals surface area contributed by atoms with Crippen LogP contribution in [-0.2, 0) is 9.47 Å². The lowest BCUT2D eigenvalue weighted by Crippen LogP contribution is -1.96. The van der Waals surface area contributed by atoms with Gasteiger partial charge < -0.3 is 9.47 Å². The second-order valence-electron chi connectivity index (χ2n) is 1.09. The van der Waals surface area contributed by atoms with Gasteiger partial charge in [0, 0.05) is 14.2 Å². The van der Waals surface area contributed by atoms with Crippen LogP contribution in [0, 0.1) is 0 Å². The van der Waals surface area contributed by atoms with E-state index in [2.05, 4.69) is 9.47 Å². The Morgan fingerprint density at radius 2 is 1.22 bits per heavy atom. The SMILES string of the molecule is COCCOC.ClCCl. The number of ether oxygens (including phenoxy) is 2. The van der Waals surface area contributed by atoms with Crippen molar-refractivity contribution in [2.45, 2.75) is 0 Å². The van der Waals surface area contributed by atoms with Crippen LogP contribution >= 0.6 is 23.2 Å². The van der Waals surface area contributed by atoms with Gasteiger partial charge in [-0.2, -0.15) is 0 Å². The van der Waals surface area contributed by atoms with Crippen LogP contribution in [0.4, 0.5) is 0 Å². The van der Waals surface area contributed by atoms with Crippen LogP contribution in [0.25, 0.3) is 0 Å². The van der Waals surface area contributed by atoms with Crippen molar-refractivity contribution in [3.8, 4) is 0 Å². The maximum Gasteiger partial charge on any atom is 0.0967 e. The summed E-state index contributed by atoms with van der Waals surface area (Å²) in [5.41, 5.74) is 0. The number of halogens is 2. The lowest BCUT2D eigenvalue weighted by molar-refractivity contribution is 0.103. The molecule has 0 saturated carbocycles. The molecule has 0 aromatic heterocycles. The van der Waals surface area contributed by atoms with Gasteiger partial charge in [-0.1, -0.05) is 0 Å². The summed E-state index contributed by atoms with van der Waals surface area (Å²) in [5, 5.41) is 0.194. The first-order chi connectivity index (χ1) is 4.33. The Morgan fingerprint density at radius 3 is 1.33 bits per heavy atom. The van der Waals surface area contributed by atoms with E-state index in [9.17, 15) is 0 Å². The van der Waals surface area contributed by atoms with E-state index in [0.717, 1.165) is 0 Å². The molecule has 0 amide bonds. The van der Waals surface area contributed by atoms with E-state index in [1.807, 2.05) is 0 Å². The molecule has 0 aliphatic heterocycles. The molecule has 0 fully saturated rings. The van der Waals surface area contributed by atoms with Gasteiger partial charge in [-0.25, -0.2) is 0 Å². The average molecular weight is 175 g/mol. The van der Waals surface area contributed by atoms with E-state index in [1.54, 1.807) is 14.2 Å². The fourth-order valence-electron chi connectivity index (χ4n) is 0.167. The Labute approximate surface area is 66.0 Å². The molecule has 0 bridgehead atoms. The maximum absolute atomic E-state index is 4.76. The molecular weight excluding hydrogens is 163 g/mol. The third kappa shape index (κ3) is 29.3. The molecule has 0 aromatic carbocycles. The van der Waals surface area contributed by atoms with Crippen molar-refractivity contribution < 1.29 is 9.47 Å². The molecule has 0 aliphatic rings. The van der Waals surface area contributed by atoms with Crippen molar-refractivity contribution in [2.75, 3.05) is 32.8 Å². The van der Waals surface area contributed by atoms with Gasteiger partial charge >= 0.3 is 0 Å². The van der Waals surface area contributed by atoms with Gasteiger partial charge in [0.05, 0.1) is 18.6 Å². The van der Waals surface area contributed by atoms with Gasteiger partial charge in [0.2, 0.25) is 0 Å². The van der Waals surface area contributed by atoms with Gasteiger partial charge in [0.25, 0.3) is 0 Å². The van der Waals surface area contributed by atoms with Crippen molar-refractivity contribution in [1.82, 2.24) is 0 Å². The van der Waals surface area contributed by atoms with Gasteiger partial charge in [-0.05, 0) is 0 Å². The largest absolute Gasteiger partial charge is 0.382 e. The summed E-state index contributed by atoms with van der Waals surface area (Å²) in [6.07, 6.45) is 0. The van der Waals surface area contributed by atoms with Crippen LogP contribution in [0.5, 0.6) is 0 Å². The van der Waals surface area contributed by atoms with Gasteiger partial charge in [-0.15, -0.1) is 23.2 Å². The van der Waals surface area contributed by atoms with E-state index in [4.69, 9.17) is 23.2 Å². The normalized spacial score (nSPS) is 8.00. The van der Waals surface area contributed by atoms with Crippen molar-refractivity contribution in [2.24, 2.45) is 0 Å². The molecule has 0 N–H and O–H groups in total. The summed E-state index contributed by atoms with van der Waals surface area (Å²) >= 11 is 9.53.